The predicted octanol–water partition coefficient (Wildman–Crippen LogP) is 0.340. The number of rotatable bonds is 6. The van der Waals surface area contributed by atoms with Crippen molar-refractivity contribution in [1.29, 1.82) is 0 Å². The van der Waals surface area contributed by atoms with Gasteiger partial charge in [-0.1, -0.05) is 44.5 Å². The second kappa shape index (κ2) is 10.6. The molecule has 0 amide bonds. The Hall–Kier alpha value is -1.90. The quantitative estimate of drug-likeness (QED) is 0.511. The molecule has 0 unspecified atom stereocenters. The molecule has 9 heteroatoms. The number of aromatic nitrogens is 1. The molecule has 1 heterocycles. The minimum Gasteiger partial charge on any atom is -0.545 e. The summed E-state index contributed by atoms with van der Waals surface area (Å²) in [4.78, 5) is 24.7. The SMILES string of the molecule is COc1cc2c(cc1Cc1cccc(Cl)c1F)c(=O)c(C(=O)[O-])cn2[C@H](CO)C(C)(C)C.[Na+]. The van der Waals surface area contributed by atoms with Gasteiger partial charge < -0.3 is 24.3 Å². The third-order valence-corrected chi connectivity index (χ3v) is 5.87. The molecule has 1 aromatic heterocycles. The second-order valence-corrected chi connectivity index (χ2v) is 9.11. The molecule has 170 valence electrons. The topological polar surface area (TPSA) is 91.6 Å². The van der Waals surface area contributed by atoms with Gasteiger partial charge >= 0.3 is 29.6 Å². The third kappa shape index (κ3) is 5.44. The first-order valence-electron chi connectivity index (χ1n) is 10.0. The molecule has 0 aliphatic carbocycles. The van der Waals surface area contributed by atoms with Gasteiger partial charge in [-0.05, 0) is 28.7 Å². The normalized spacial score (nSPS) is 12.3. The summed E-state index contributed by atoms with van der Waals surface area (Å²) < 4.78 is 21.5. The number of aliphatic hydroxyl groups excluding tert-OH is 1. The van der Waals surface area contributed by atoms with Gasteiger partial charge in [-0.25, -0.2) is 4.39 Å². The molecule has 0 spiro atoms. The molecule has 0 aliphatic rings. The Morgan fingerprint density at radius 1 is 1.27 bits per heavy atom. The van der Waals surface area contributed by atoms with E-state index < -0.39 is 34.2 Å². The van der Waals surface area contributed by atoms with E-state index in [0.29, 0.717) is 22.4 Å². The molecule has 0 radical (unpaired) electrons. The number of aliphatic hydroxyl groups is 1. The summed E-state index contributed by atoms with van der Waals surface area (Å²) >= 11 is 5.89. The zero-order chi connectivity index (χ0) is 23.8. The Balaban J connectivity index is 0.00000385. The zero-order valence-electron chi connectivity index (χ0n) is 19.2. The van der Waals surface area contributed by atoms with Crippen molar-refractivity contribution in [3.05, 3.63) is 74.3 Å². The third-order valence-electron chi connectivity index (χ3n) is 5.58. The van der Waals surface area contributed by atoms with E-state index in [-0.39, 0.29) is 53.0 Å². The summed E-state index contributed by atoms with van der Waals surface area (Å²) in [5.74, 6) is -1.81. The van der Waals surface area contributed by atoms with Crippen LogP contribution in [0.2, 0.25) is 5.02 Å². The molecular formula is C24H24ClFNNaO5. The number of nitrogens with zero attached hydrogens (tertiary/aromatic N) is 1. The van der Waals surface area contributed by atoms with Gasteiger partial charge in [-0.15, -0.1) is 0 Å². The monoisotopic (exact) mass is 483 g/mol. The molecule has 33 heavy (non-hydrogen) atoms. The van der Waals surface area contributed by atoms with Crippen LogP contribution in [0.5, 0.6) is 5.75 Å². The molecule has 0 aliphatic heterocycles. The number of fused-ring (bicyclic) bond motifs is 1. The predicted molar refractivity (Wildman–Crippen MR) is 119 cm³/mol. The Bertz CT molecular complexity index is 1250. The fraction of sp³-hybridized carbons (Fsp3) is 0.333. The van der Waals surface area contributed by atoms with Crippen LogP contribution in [0, 0.1) is 11.2 Å². The molecule has 0 fully saturated rings. The van der Waals surface area contributed by atoms with Crippen LogP contribution in [-0.2, 0) is 6.42 Å². The van der Waals surface area contributed by atoms with Gasteiger partial charge in [0.25, 0.3) is 0 Å². The standard InChI is InChI=1S/C24H25ClFNO5.Na/c1-24(2,3)20(12-28)27-11-16(23(30)31)22(29)15-9-14(19(32-4)10-18(15)27)8-13-6-5-7-17(25)21(13)26;/h5-7,9-11,20,28H,8,12H2,1-4H3,(H,30,31);/q;+1/p-1/t20-;/m1./s1. The Morgan fingerprint density at radius 3 is 2.48 bits per heavy atom. The van der Waals surface area contributed by atoms with E-state index in [1.807, 2.05) is 20.8 Å². The molecule has 3 rings (SSSR count). The van der Waals surface area contributed by atoms with E-state index in [1.165, 1.54) is 25.4 Å². The fourth-order valence-electron chi connectivity index (χ4n) is 3.82. The summed E-state index contributed by atoms with van der Waals surface area (Å²) in [7, 11) is 1.45. The van der Waals surface area contributed by atoms with Crippen molar-refractivity contribution in [2.24, 2.45) is 5.41 Å². The van der Waals surface area contributed by atoms with Crippen molar-refractivity contribution in [3.63, 3.8) is 0 Å². The molecule has 3 aromatic rings. The van der Waals surface area contributed by atoms with Crippen molar-refractivity contribution in [2.75, 3.05) is 13.7 Å². The number of halogens is 2. The summed E-state index contributed by atoms with van der Waals surface area (Å²) in [6, 6.07) is 7.18. The first-order chi connectivity index (χ1) is 15.0. The number of ether oxygens (including phenoxy) is 1. The molecule has 6 nitrogen and oxygen atoms in total. The van der Waals surface area contributed by atoms with Crippen LogP contribution < -0.4 is 44.8 Å². The van der Waals surface area contributed by atoms with Gasteiger partial charge in [-0.2, -0.15) is 0 Å². The number of aromatic carboxylic acids is 1. The van der Waals surface area contributed by atoms with Crippen LogP contribution in [-0.4, -0.2) is 29.4 Å². The van der Waals surface area contributed by atoms with Gasteiger partial charge in [0.15, 0.2) is 5.43 Å². The maximum Gasteiger partial charge on any atom is 1.00 e. The largest absolute Gasteiger partial charge is 1.00 e. The van der Waals surface area contributed by atoms with Crippen LogP contribution in [0.4, 0.5) is 4.39 Å². The minimum absolute atomic E-state index is 0. The second-order valence-electron chi connectivity index (χ2n) is 8.70. The van der Waals surface area contributed by atoms with Gasteiger partial charge in [-0.3, -0.25) is 4.79 Å². The molecule has 0 saturated heterocycles. The van der Waals surface area contributed by atoms with Crippen molar-refractivity contribution in [2.45, 2.75) is 33.2 Å². The molecular weight excluding hydrogens is 460 g/mol. The molecule has 0 bridgehead atoms. The zero-order valence-corrected chi connectivity index (χ0v) is 22.0. The van der Waals surface area contributed by atoms with Gasteiger partial charge in [0.1, 0.15) is 11.6 Å². The first kappa shape index (κ1) is 27.3. The number of carbonyl (C=O) groups is 1. The Morgan fingerprint density at radius 2 is 1.94 bits per heavy atom. The van der Waals surface area contributed by atoms with Gasteiger partial charge in [0.05, 0.1) is 41.8 Å². The number of carboxylic acids is 1. The molecule has 1 N–H and O–H groups in total. The van der Waals surface area contributed by atoms with Gasteiger partial charge in [0, 0.05) is 24.1 Å². The smallest absolute Gasteiger partial charge is 0.545 e. The van der Waals surface area contributed by atoms with Gasteiger partial charge in [0.2, 0.25) is 0 Å². The number of carbonyl (C=O) groups excluding carboxylic acids is 1. The van der Waals surface area contributed by atoms with Crippen LogP contribution in [0.1, 0.15) is 48.3 Å². The maximum absolute atomic E-state index is 14.5. The fourth-order valence-corrected chi connectivity index (χ4v) is 4.02. The summed E-state index contributed by atoms with van der Waals surface area (Å²) in [5, 5.41) is 21.8. The van der Waals surface area contributed by atoms with E-state index in [1.54, 1.807) is 22.8 Å². The summed E-state index contributed by atoms with van der Waals surface area (Å²) in [5.41, 5.74) is -0.537. The van der Waals surface area contributed by atoms with E-state index >= 15 is 0 Å². The number of carboxylic acid groups (broad SMARTS) is 1. The number of benzene rings is 2. The van der Waals surface area contributed by atoms with E-state index in [0.717, 1.165) is 0 Å². The van der Waals surface area contributed by atoms with Crippen LogP contribution in [0.3, 0.4) is 0 Å². The van der Waals surface area contributed by atoms with Crippen LogP contribution >= 0.6 is 11.6 Å². The minimum atomic E-state index is -1.62. The van der Waals surface area contributed by atoms with Crippen LogP contribution in [0.15, 0.2) is 41.3 Å². The van der Waals surface area contributed by atoms with Crippen molar-refractivity contribution in [3.8, 4) is 5.75 Å². The summed E-state index contributed by atoms with van der Waals surface area (Å²) in [6.45, 7) is 5.39. The average molecular weight is 484 g/mol. The maximum atomic E-state index is 14.5. The number of methoxy groups -OCH3 is 1. The van der Waals surface area contributed by atoms with E-state index in [2.05, 4.69) is 0 Å². The molecule has 0 saturated carbocycles. The van der Waals surface area contributed by atoms with Crippen molar-refractivity contribution >= 4 is 28.5 Å². The van der Waals surface area contributed by atoms with E-state index in [4.69, 9.17) is 16.3 Å². The molecule has 1 atom stereocenters. The van der Waals surface area contributed by atoms with Crippen LogP contribution in [0.25, 0.3) is 10.9 Å². The number of hydrogen-bond donors (Lipinski definition) is 1. The first-order valence-corrected chi connectivity index (χ1v) is 10.4. The number of hydrogen-bond acceptors (Lipinski definition) is 5. The Labute approximate surface area is 218 Å². The van der Waals surface area contributed by atoms with Crippen molar-refractivity contribution < 1.29 is 53.7 Å². The van der Waals surface area contributed by atoms with E-state index in [9.17, 15) is 24.2 Å². The summed E-state index contributed by atoms with van der Waals surface area (Å²) in [6.07, 6.45) is 1.27. The number of pyridine rings is 1. The van der Waals surface area contributed by atoms with Crippen molar-refractivity contribution in [1.82, 2.24) is 4.57 Å². The average Bonchev–Trinajstić information content (AvgIpc) is 2.72. The molecule has 2 aromatic carbocycles. The Kier molecular flexibility index (Phi) is 8.76.